The number of furan rings is 1. The lowest BCUT2D eigenvalue weighted by Gasteiger charge is -2.04. The van der Waals surface area contributed by atoms with Gasteiger partial charge >= 0.3 is 7.48 Å². The molecule has 0 saturated heterocycles. The Hall–Kier alpha value is -3.08. The van der Waals surface area contributed by atoms with Crippen molar-refractivity contribution in [3.63, 3.8) is 0 Å². The quantitative estimate of drug-likeness (QED) is 0.384. The van der Waals surface area contributed by atoms with Crippen LogP contribution in [0.2, 0.25) is 0 Å². The SMILES string of the molecule is O[B]c1cccc2c1sc1c(-c3cccc4c3oc3ccccc34)cccc12. The second-order valence-electron chi connectivity index (χ2n) is 6.92. The van der Waals surface area contributed by atoms with E-state index in [0.29, 0.717) is 0 Å². The summed E-state index contributed by atoms with van der Waals surface area (Å²) in [5.41, 5.74) is 4.94. The molecule has 1 N–H and O–H groups in total. The molecule has 6 rings (SSSR count). The Bertz CT molecular complexity index is 1510. The van der Waals surface area contributed by atoms with Crippen LogP contribution in [0.15, 0.2) is 83.3 Å². The van der Waals surface area contributed by atoms with E-state index in [1.165, 1.54) is 23.0 Å². The van der Waals surface area contributed by atoms with E-state index < -0.39 is 0 Å². The molecular weight excluding hydrogens is 363 g/mol. The second kappa shape index (κ2) is 5.96. The molecule has 0 spiro atoms. The number of rotatable bonds is 2. The zero-order chi connectivity index (χ0) is 18.7. The molecule has 2 nitrogen and oxygen atoms in total. The highest BCUT2D eigenvalue weighted by Gasteiger charge is 2.16. The van der Waals surface area contributed by atoms with Gasteiger partial charge in [-0.25, -0.2) is 0 Å². The Balaban J connectivity index is 1.74. The van der Waals surface area contributed by atoms with Gasteiger partial charge in [-0.2, -0.15) is 0 Å². The van der Waals surface area contributed by atoms with Crippen LogP contribution in [-0.2, 0) is 0 Å². The van der Waals surface area contributed by atoms with Crippen LogP contribution in [0.4, 0.5) is 0 Å². The number of thiophene rings is 1. The highest BCUT2D eigenvalue weighted by atomic mass is 32.1. The summed E-state index contributed by atoms with van der Waals surface area (Å²) < 4.78 is 8.57. The molecule has 0 saturated carbocycles. The molecule has 0 aliphatic carbocycles. The summed E-state index contributed by atoms with van der Waals surface area (Å²) in [5.74, 6) is 0. The number of para-hydroxylation sites is 2. The Kier molecular flexibility index (Phi) is 3.39. The van der Waals surface area contributed by atoms with E-state index >= 15 is 0 Å². The summed E-state index contributed by atoms with van der Waals surface area (Å²) in [6.07, 6.45) is 0. The van der Waals surface area contributed by atoms with Crippen molar-refractivity contribution in [3.8, 4) is 11.1 Å². The first-order valence-electron chi connectivity index (χ1n) is 9.17. The Morgan fingerprint density at radius 1 is 0.643 bits per heavy atom. The van der Waals surface area contributed by atoms with E-state index in [1.54, 1.807) is 11.3 Å². The molecule has 4 aromatic carbocycles. The third-order valence-corrected chi connectivity index (χ3v) is 6.69. The van der Waals surface area contributed by atoms with Crippen LogP contribution in [0.3, 0.4) is 0 Å². The number of hydrogen-bond donors (Lipinski definition) is 1. The molecule has 6 aromatic rings. The maximum atomic E-state index is 9.64. The van der Waals surface area contributed by atoms with Crippen LogP contribution < -0.4 is 5.46 Å². The highest BCUT2D eigenvalue weighted by molar-refractivity contribution is 7.27. The molecule has 0 aliphatic heterocycles. The van der Waals surface area contributed by atoms with Gasteiger partial charge in [0.1, 0.15) is 11.2 Å². The first kappa shape index (κ1) is 15.9. The topological polar surface area (TPSA) is 33.4 Å². The fourth-order valence-corrected chi connectivity index (χ4v) is 5.42. The lowest BCUT2D eigenvalue weighted by Crippen LogP contribution is -2.12. The van der Waals surface area contributed by atoms with Gasteiger partial charge in [0.25, 0.3) is 0 Å². The molecule has 2 aromatic heterocycles. The standard InChI is InChI=1S/C24H14BO2S/c26-25-20-12-5-11-19-18-10-4-9-17(23(18)28-24(19)20)16-8-3-7-15-14-6-1-2-13-21(14)27-22(15)16/h1-13,26H. The molecule has 1 radical (unpaired) electrons. The third-order valence-electron chi connectivity index (χ3n) is 5.39. The number of fused-ring (bicyclic) bond motifs is 6. The molecule has 28 heavy (non-hydrogen) atoms. The summed E-state index contributed by atoms with van der Waals surface area (Å²) in [5, 5.41) is 14.3. The lowest BCUT2D eigenvalue weighted by atomic mass is 9.87. The fourth-order valence-electron chi connectivity index (χ4n) is 4.12. The maximum absolute atomic E-state index is 9.64. The molecule has 4 heteroatoms. The van der Waals surface area contributed by atoms with E-state index in [9.17, 15) is 5.02 Å². The van der Waals surface area contributed by atoms with Crippen molar-refractivity contribution < 1.29 is 9.44 Å². The first-order valence-corrected chi connectivity index (χ1v) is 9.99. The zero-order valence-corrected chi connectivity index (χ0v) is 15.7. The summed E-state index contributed by atoms with van der Waals surface area (Å²) in [4.78, 5) is 0. The van der Waals surface area contributed by atoms with Crippen molar-refractivity contribution in [3.05, 3.63) is 78.9 Å². The Morgan fingerprint density at radius 2 is 1.32 bits per heavy atom. The second-order valence-corrected chi connectivity index (χ2v) is 7.94. The normalized spacial score (nSPS) is 11.8. The average Bonchev–Trinajstić information content (AvgIpc) is 3.32. The van der Waals surface area contributed by atoms with Gasteiger partial charge in [-0.15, -0.1) is 11.3 Å². The van der Waals surface area contributed by atoms with E-state index in [2.05, 4.69) is 48.5 Å². The predicted molar refractivity (Wildman–Crippen MR) is 120 cm³/mol. The molecule has 0 bridgehead atoms. The summed E-state index contributed by atoms with van der Waals surface area (Å²) in [6, 6.07) is 27.0. The molecule has 0 fully saturated rings. The van der Waals surface area contributed by atoms with Crippen molar-refractivity contribution in [2.45, 2.75) is 0 Å². The van der Waals surface area contributed by atoms with Crippen molar-refractivity contribution in [1.29, 1.82) is 0 Å². The van der Waals surface area contributed by atoms with Crippen LogP contribution in [0, 0.1) is 0 Å². The Morgan fingerprint density at radius 3 is 2.18 bits per heavy atom. The number of hydrogen-bond acceptors (Lipinski definition) is 3. The number of benzene rings is 4. The van der Waals surface area contributed by atoms with Gasteiger partial charge in [-0.05, 0) is 16.9 Å². The average molecular weight is 377 g/mol. The molecule has 0 unspecified atom stereocenters. The predicted octanol–water partition coefficient (Wildman–Crippen LogP) is 5.86. The zero-order valence-electron chi connectivity index (χ0n) is 14.8. The van der Waals surface area contributed by atoms with Gasteiger partial charge < -0.3 is 9.44 Å². The van der Waals surface area contributed by atoms with E-state index in [0.717, 1.165) is 43.2 Å². The maximum Gasteiger partial charge on any atom is 0.328 e. The van der Waals surface area contributed by atoms with Crippen LogP contribution >= 0.6 is 11.3 Å². The van der Waals surface area contributed by atoms with Gasteiger partial charge in [-0.1, -0.05) is 72.8 Å². The van der Waals surface area contributed by atoms with Crippen molar-refractivity contribution in [1.82, 2.24) is 0 Å². The van der Waals surface area contributed by atoms with Gasteiger partial charge in [-0.3, -0.25) is 0 Å². The minimum atomic E-state index is 0.853. The van der Waals surface area contributed by atoms with Gasteiger partial charge in [0.15, 0.2) is 0 Å². The van der Waals surface area contributed by atoms with Gasteiger partial charge in [0, 0.05) is 36.7 Å². The van der Waals surface area contributed by atoms with Crippen LogP contribution in [0.5, 0.6) is 0 Å². The van der Waals surface area contributed by atoms with Crippen molar-refractivity contribution >= 4 is 66.4 Å². The summed E-state index contributed by atoms with van der Waals surface area (Å²) in [7, 11) is 1.19. The van der Waals surface area contributed by atoms with Crippen LogP contribution in [0.1, 0.15) is 0 Å². The lowest BCUT2D eigenvalue weighted by molar-refractivity contribution is 0.616. The van der Waals surface area contributed by atoms with E-state index in [4.69, 9.17) is 4.42 Å². The van der Waals surface area contributed by atoms with Crippen LogP contribution in [-0.4, -0.2) is 12.5 Å². The fraction of sp³-hybridized carbons (Fsp3) is 0. The highest BCUT2D eigenvalue weighted by Crippen LogP contribution is 2.42. The third kappa shape index (κ3) is 2.13. The van der Waals surface area contributed by atoms with Crippen molar-refractivity contribution in [2.75, 3.05) is 0 Å². The molecule has 0 amide bonds. The minimum absolute atomic E-state index is 0.853. The van der Waals surface area contributed by atoms with Gasteiger partial charge in [0.2, 0.25) is 0 Å². The molecule has 0 aliphatic rings. The summed E-state index contributed by atoms with van der Waals surface area (Å²) in [6.45, 7) is 0. The monoisotopic (exact) mass is 377 g/mol. The molecule has 2 heterocycles. The van der Waals surface area contributed by atoms with E-state index in [-0.39, 0.29) is 0 Å². The summed E-state index contributed by atoms with van der Waals surface area (Å²) >= 11 is 1.72. The molecule has 131 valence electrons. The molecule has 0 atom stereocenters. The van der Waals surface area contributed by atoms with Gasteiger partial charge in [0.05, 0.1) is 0 Å². The van der Waals surface area contributed by atoms with Crippen molar-refractivity contribution in [2.24, 2.45) is 0 Å². The van der Waals surface area contributed by atoms with Crippen LogP contribution in [0.25, 0.3) is 53.2 Å². The Labute approximate surface area is 165 Å². The largest absolute Gasteiger partial charge is 0.455 e. The van der Waals surface area contributed by atoms with E-state index in [1.807, 2.05) is 30.3 Å². The smallest absolute Gasteiger partial charge is 0.328 e. The molecular formula is C24H14BO2S. The minimum Gasteiger partial charge on any atom is -0.455 e. The first-order chi connectivity index (χ1) is 13.8.